The highest BCUT2D eigenvalue weighted by atomic mass is 35.5. The van der Waals surface area contributed by atoms with Crippen molar-refractivity contribution in [2.75, 3.05) is 53.1 Å². The standard InChI is InChI=1S/C24H29N5O3.ClH/c1-26(2)13-7-12-25-18-11-10-17-21-20(18)22(30)16-8-5-6-9-19(16)29(21)24(32)28(23(17)31)15-14-27(3)4;/h5-6,8-11,25H,7,12-15H2,1-4H3;1H. The largest absolute Gasteiger partial charge is 0.384 e. The van der Waals surface area contributed by atoms with E-state index in [9.17, 15) is 14.4 Å². The molecular formula is C24H30ClN5O3. The van der Waals surface area contributed by atoms with Crippen LogP contribution in [0.5, 0.6) is 0 Å². The minimum atomic E-state index is -0.421. The zero-order valence-corrected chi connectivity index (χ0v) is 20.2. The molecule has 2 heterocycles. The normalized spacial score (nSPS) is 11.7. The third-order valence-corrected chi connectivity index (χ3v) is 5.78. The highest BCUT2D eigenvalue weighted by molar-refractivity contribution is 6.07. The van der Waals surface area contributed by atoms with Crippen LogP contribution in [0.3, 0.4) is 0 Å². The lowest BCUT2D eigenvalue weighted by molar-refractivity contribution is 0.376. The number of anilines is 1. The molecular weight excluding hydrogens is 442 g/mol. The van der Waals surface area contributed by atoms with Crippen LogP contribution in [0.4, 0.5) is 5.69 Å². The van der Waals surface area contributed by atoms with Crippen LogP contribution in [0.1, 0.15) is 6.42 Å². The first-order valence-electron chi connectivity index (χ1n) is 10.8. The highest BCUT2D eigenvalue weighted by Gasteiger charge is 2.20. The Morgan fingerprint density at radius 2 is 1.58 bits per heavy atom. The molecule has 0 radical (unpaired) electrons. The van der Waals surface area contributed by atoms with Gasteiger partial charge in [0.15, 0.2) is 5.43 Å². The quantitative estimate of drug-likeness (QED) is 0.240. The average Bonchev–Trinajstić information content (AvgIpc) is 2.75. The molecule has 4 aromatic rings. The van der Waals surface area contributed by atoms with Gasteiger partial charge >= 0.3 is 5.69 Å². The van der Waals surface area contributed by atoms with E-state index in [0.717, 1.165) is 13.0 Å². The fraction of sp³-hybridized carbons (Fsp3) is 0.375. The van der Waals surface area contributed by atoms with Crippen molar-refractivity contribution in [3.63, 3.8) is 0 Å². The molecule has 0 fully saturated rings. The van der Waals surface area contributed by atoms with Crippen LogP contribution in [-0.4, -0.2) is 66.6 Å². The summed E-state index contributed by atoms with van der Waals surface area (Å²) >= 11 is 0. The van der Waals surface area contributed by atoms with E-state index in [1.807, 2.05) is 33.1 Å². The van der Waals surface area contributed by atoms with E-state index in [-0.39, 0.29) is 29.9 Å². The van der Waals surface area contributed by atoms with Gasteiger partial charge in [-0.1, -0.05) is 12.1 Å². The van der Waals surface area contributed by atoms with Crippen LogP contribution in [0, 0.1) is 0 Å². The number of nitrogens with one attached hydrogen (secondary N) is 1. The predicted molar refractivity (Wildman–Crippen MR) is 138 cm³/mol. The number of halogens is 1. The Bertz CT molecular complexity index is 1460. The van der Waals surface area contributed by atoms with Crippen LogP contribution in [0.15, 0.2) is 50.8 Å². The van der Waals surface area contributed by atoms with Gasteiger partial charge in [0.25, 0.3) is 5.56 Å². The number of aromatic nitrogens is 2. The molecule has 33 heavy (non-hydrogen) atoms. The van der Waals surface area contributed by atoms with Crippen molar-refractivity contribution in [3.8, 4) is 0 Å². The number of hydrogen-bond acceptors (Lipinski definition) is 6. The highest BCUT2D eigenvalue weighted by Crippen LogP contribution is 2.26. The van der Waals surface area contributed by atoms with Gasteiger partial charge in [-0.3, -0.25) is 18.6 Å². The van der Waals surface area contributed by atoms with E-state index >= 15 is 0 Å². The smallest absolute Gasteiger partial charge is 0.336 e. The predicted octanol–water partition coefficient (Wildman–Crippen LogP) is 1.91. The summed E-state index contributed by atoms with van der Waals surface area (Å²) in [6, 6.07) is 10.6. The van der Waals surface area contributed by atoms with E-state index < -0.39 is 5.69 Å². The molecule has 0 aliphatic carbocycles. The monoisotopic (exact) mass is 471 g/mol. The number of hydrogen-bond donors (Lipinski definition) is 1. The Morgan fingerprint density at radius 1 is 0.879 bits per heavy atom. The summed E-state index contributed by atoms with van der Waals surface area (Å²) in [6.07, 6.45) is 0.897. The first-order valence-corrected chi connectivity index (χ1v) is 10.8. The van der Waals surface area contributed by atoms with Gasteiger partial charge in [0.2, 0.25) is 0 Å². The molecule has 0 unspecified atom stereocenters. The Balaban J connectivity index is 0.00000306. The summed E-state index contributed by atoms with van der Waals surface area (Å²) < 4.78 is 2.80. The lowest BCUT2D eigenvalue weighted by Gasteiger charge is -2.17. The number of fused-ring (bicyclic) bond motifs is 2. The number of likely N-dealkylation sites (N-methyl/N-ethyl adjacent to an activating group) is 1. The van der Waals surface area contributed by atoms with E-state index in [4.69, 9.17) is 0 Å². The molecule has 2 aromatic carbocycles. The molecule has 176 valence electrons. The van der Waals surface area contributed by atoms with Crippen LogP contribution in [0.25, 0.3) is 27.2 Å². The first kappa shape index (κ1) is 24.7. The van der Waals surface area contributed by atoms with Gasteiger partial charge in [-0.2, -0.15) is 0 Å². The minimum Gasteiger partial charge on any atom is -0.384 e. The Hall–Kier alpha value is -2.94. The molecule has 0 aliphatic heterocycles. The molecule has 0 spiro atoms. The van der Waals surface area contributed by atoms with Gasteiger partial charge in [0, 0.05) is 30.7 Å². The second-order valence-corrected chi connectivity index (χ2v) is 8.69. The number of para-hydroxylation sites is 1. The maximum Gasteiger partial charge on any atom is 0.336 e. The van der Waals surface area contributed by atoms with Gasteiger partial charge in [-0.05, 0) is 65.4 Å². The number of pyridine rings is 1. The summed E-state index contributed by atoms with van der Waals surface area (Å²) in [5.41, 5.74) is 0.595. The van der Waals surface area contributed by atoms with Crippen molar-refractivity contribution in [1.29, 1.82) is 0 Å². The number of nitrogens with zero attached hydrogens (tertiary/aromatic N) is 4. The molecule has 0 bridgehead atoms. The second kappa shape index (κ2) is 9.91. The van der Waals surface area contributed by atoms with Crippen molar-refractivity contribution < 1.29 is 0 Å². The van der Waals surface area contributed by atoms with Crippen molar-refractivity contribution >= 4 is 45.3 Å². The minimum absolute atomic E-state index is 0. The van der Waals surface area contributed by atoms with Crippen molar-refractivity contribution in [2.24, 2.45) is 0 Å². The molecule has 2 aromatic heterocycles. The second-order valence-electron chi connectivity index (χ2n) is 8.69. The molecule has 1 N–H and O–H groups in total. The maximum atomic E-state index is 13.5. The van der Waals surface area contributed by atoms with E-state index in [0.29, 0.717) is 46.0 Å². The van der Waals surface area contributed by atoms with Crippen LogP contribution in [0.2, 0.25) is 0 Å². The average molecular weight is 472 g/mol. The number of rotatable bonds is 8. The summed E-state index contributed by atoms with van der Waals surface area (Å²) in [6.45, 7) is 2.42. The first-order chi connectivity index (χ1) is 15.3. The lowest BCUT2D eigenvalue weighted by atomic mass is 10.0. The van der Waals surface area contributed by atoms with Crippen molar-refractivity contribution in [3.05, 3.63) is 67.5 Å². The van der Waals surface area contributed by atoms with E-state index in [1.54, 1.807) is 36.4 Å². The van der Waals surface area contributed by atoms with Gasteiger partial charge in [-0.15, -0.1) is 12.4 Å². The molecule has 0 aliphatic rings. The summed E-state index contributed by atoms with van der Waals surface area (Å²) in [7, 11) is 7.82. The van der Waals surface area contributed by atoms with Gasteiger partial charge in [0.05, 0.1) is 21.8 Å². The summed E-state index contributed by atoms with van der Waals surface area (Å²) in [4.78, 5) is 44.3. The van der Waals surface area contributed by atoms with Crippen molar-refractivity contribution in [2.45, 2.75) is 13.0 Å². The third kappa shape index (κ3) is 4.46. The zero-order chi connectivity index (χ0) is 23.0. The Morgan fingerprint density at radius 3 is 2.27 bits per heavy atom. The fourth-order valence-corrected chi connectivity index (χ4v) is 4.16. The lowest BCUT2D eigenvalue weighted by Crippen LogP contribution is -2.40. The van der Waals surface area contributed by atoms with Crippen LogP contribution in [-0.2, 0) is 6.54 Å². The summed E-state index contributed by atoms with van der Waals surface area (Å²) in [5, 5.41) is 4.58. The molecule has 0 amide bonds. The fourth-order valence-electron chi connectivity index (χ4n) is 4.16. The molecule has 8 nitrogen and oxygen atoms in total. The van der Waals surface area contributed by atoms with E-state index in [2.05, 4.69) is 10.2 Å². The third-order valence-electron chi connectivity index (χ3n) is 5.78. The SMILES string of the molecule is CN(C)CCCNc1ccc2c(=O)n(CCN(C)C)c(=O)n3c4ccccc4c(=O)c1c23.Cl. The Labute approximate surface area is 197 Å². The number of benzene rings is 2. The van der Waals surface area contributed by atoms with E-state index in [1.165, 1.54) is 8.97 Å². The molecule has 9 heteroatoms. The molecule has 4 rings (SSSR count). The van der Waals surface area contributed by atoms with Crippen molar-refractivity contribution in [1.82, 2.24) is 18.8 Å². The molecule has 0 atom stereocenters. The molecule has 0 saturated carbocycles. The van der Waals surface area contributed by atoms with Gasteiger partial charge < -0.3 is 15.1 Å². The molecule has 0 saturated heterocycles. The van der Waals surface area contributed by atoms with Crippen LogP contribution < -0.4 is 22.0 Å². The Kier molecular flexibility index (Phi) is 7.41. The maximum absolute atomic E-state index is 13.5. The van der Waals surface area contributed by atoms with Crippen LogP contribution >= 0.6 is 12.4 Å². The summed E-state index contributed by atoms with van der Waals surface area (Å²) in [5.74, 6) is 0. The topological polar surface area (TPSA) is 79.1 Å². The zero-order valence-electron chi connectivity index (χ0n) is 19.4. The van der Waals surface area contributed by atoms with Gasteiger partial charge in [0.1, 0.15) is 0 Å². The van der Waals surface area contributed by atoms with Gasteiger partial charge in [-0.25, -0.2) is 4.79 Å².